The van der Waals surface area contributed by atoms with Crippen LogP contribution in [0.25, 0.3) is 0 Å². The summed E-state index contributed by atoms with van der Waals surface area (Å²) in [7, 11) is 2.92. The maximum atomic E-state index is 13.5. The molecule has 1 fully saturated rings. The van der Waals surface area contributed by atoms with Crippen molar-refractivity contribution in [2.24, 2.45) is 0 Å². The van der Waals surface area contributed by atoms with Gasteiger partial charge in [-0.05, 0) is 72.7 Å². The molecule has 1 N–H and O–H groups in total. The van der Waals surface area contributed by atoms with Gasteiger partial charge in [-0.25, -0.2) is 4.79 Å². The monoisotopic (exact) mass is 517 g/mol. The molecule has 9 heteroatoms. The first kappa shape index (κ1) is 25.8. The summed E-state index contributed by atoms with van der Waals surface area (Å²) < 4.78 is 9.93. The molecular formula is C28H27N3O5S. The highest BCUT2D eigenvalue weighted by atomic mass is 32.1. The van der Waals surface area contributed by atoms with E-state index in [0.29, 0.717) is 35.0 Å². The lowest BCUT2D eigenvalue weighted by atomic mass is 10.1. The molecule has 0 spiro atoms. The van der Waals surface area contributed by atoms with Gasteiger partial charge in [-0.1, -0.05) is 30.3 Å². The minimum Gasteiger partial charge on any atom is -0.497 e. The highest BCUT2D eigenvalue weighted by molar-refractivity contribution is 7.80. The number of benzene rings is 3. The fourth-order valence-electron chi connectivity index (χ4n) is 4.14. The van der Waals surface area contributed by atoms with Gasteiger partial charge in [0, 0.05) is 12.2 Å². The molecule has 1 atom stereocenters. The number of rotatable bonds is 9. The summed E-state index contributed by atoms with van der Waals surface area (Å²) >= 11 is 5.72. The van der Waals surface area contributed by atoms with Gasteiger partial charge in [0.05, 0.1) is 31.9 Å². The molecule has 3 aromatic rings. The Morgan fingerprint density at radius 2 is 1.62 bits per heavy atom. The average molecular weight is 518 g/mol. The highest BCUT2D eigenvalue weighted by Gasteiger charge is 2.43. The van der Waals surface area contributed by atoms with E-state index in [1.165, 1.54) is 12.0 Å². The number of thiocarbonyl (C=S) groups is 1. The third-order valence-corrected chi connectivity index (χ3v) is 6.52. The predicted octanol–water partition coefficient (Wildman–Crippen LogP) is 4.06. The van der Waals surface area contributed by atoms with Crippen molar-refractivity contribution in [2.45, 2.75) is 18.9 Å². The largest absolute Gasteiger partial charge is 0.497 e. The number of hydrogen-bond donors (Lipinski definition) is 1. The van der Waals surface area contributed by atoms with Crippen molar-refractivity contribution in [1.82, 2.24) is 4.90 Å². The first-order chi connectivity index (χ1) is 17.9. The Bertz CT molecular complexity index is 1280. The molecule has 0 aromatic heterocycles. The van der Waals surface area contributed by atoms with Gasteiger partial charge in [-0.15, -0.1) is 0 Å². The van der Waals surface area contributed by atoms with Crippen LogP contribution in [-0.4, -0.2) is 54.6 Å². The van der Waals surface area contributed by atoms with E-state index in [0.717, 1.165) is 11.3 Å². The molecule has 3 aromatic carbocycles. The van der Waals surface area contributed by atoms with Crippen LogP contribution in [0.3, 0.4) is 0 Å². The van der Waals surface area contributed by atoms with Gasteiger partial charge in [-0.2, -0.15) is 0 Å². The first-order valence-corrected chi connectivity index (χ1v) is 12.1. The number of anilines is 2. The second-order valence-corrected chi connectivity index (χ2v) is 8.79. The van der Waals surface area contributed by atoms with Crippen LogP contribution in [-0.2, 0) is 20.7 Å². The van der Waals surface area contributed by atoms with E-state index in [1.807, 2.05) is 59.5 Å². The van der Waals surface area contributed by atoms with Crippen LogP contribution in [0.1, 0.15) is 22.3 Å². The summed E-state index contributed by atoms with van der Waals surface area (Å²) in [6.07, 6.45) is 0.552. The van der Waals surface area contributed by atoms with E-state index >= 15 is 0 Å². The highest BCUT2D eigenvalue weighted by Crippen LogP contribution is 2.28. The van der Waals surface area contributed by atoms with Crippen LogP contribution in [0, 0.1) is 0 Å². The standard InChI is InChI=1S/C28H27N3O5S/c1-35-23-14-8-19(9-15-23)16-17-30-24(26(33)31(28(30)37)22-6-4-3-5-7-22)18-25(32)29-21-12-10-20(11-13-21)27(34)36-2/h3-15,24H,16-18H2,1-2H3,(H,29,32). The Kier molecular flexibility index (Phi) is 8.15. The Hall–Kier alpha value is -4.24. The van der Waals surface area contributed by atoms with Crippen LogP contribution < -0.4 is 15.0 Å². The molecule has 37 heavy (non-hydrogen) atoms. The number of amides is 2. The number of esters is 1. The number of hydrogen-bond acceptors (Lipinski definition) is 6. The SMILES string of the molecule is COC(=O)c1ccc(NC(=O)CC2C(=O)N(c3ccccc3)C(=S)N2CCc2ccc(OC)cc2)cc1. The number of ether oxygens (including phenoxy) is 2. The third kappa shape index (κ3) is 5.95. The van der Waals surface area contributed by atoms with E-state index in [-0.39, 0.29) is 18.2 Å². The summed E-state index contributed by atoms with van der Waals surface area (Å²) in [5, 5.41) is 3.17. The third-order valence-electron chi connectivity index (χ3n) is 6.10. The number of carbonyl (C=O) groups excluding carboxylic acids is 3. The molecule has 0 aliphatic carbocycles. The summed E-state index contributed by atoms with van der Waals surface area (Å²) in [6, 6.07) is 22.5. The van der Waals surface area contributed by atoms with E-state index in [9.17, 15) is 14.4 Å². The van der Waals surface area contributed by atoms with Gasteiger partial charge in [0.25, 0.3) is 5.91 Å². The van der Waals surface area contributed by atoms with Crippen molar-refractivity contribution in [3.8, 4) is 5.75 Å². The van der Waals surface area contributed by atoms with Crippen molar-refractivity contribution in [3.63, 3.8) is 0 Å². The van der Waals surface area contributed by atoms with Gasteiger partial charge in [0.1, 0.15) is 11.8 Å². The van der Waals surface area contributed by atoms with Gasteiger partial charge in [0.2, 0.25) is 5.91 Å². The summed E-state index contributed by atoms with van der Waals surface area (Å²) in [5.74, 6) is -0.282. The Labute approximate surface area is 220 Å². The molecule has 4 rings (SSSR count). The smallest absolute Gasteiger partial charge is 0.337 e. The number of carbonyl (C=O) groups is 3. The molecule has 0 radical (unpaired) electrons. The van der Waals surface area contributed by atoms with E-state index < -0.39 is 12.0 Å². The van der Waals surface area contributed by atoms with Gasteiger partial charge >= 0.3 is 5.97 Å². The number of methoxy groups -OCH3 is 2. The molecule has 0 saturated carbocycles. The molecule has 190 valence electrons. The van der Waals surface area contributed by atoms with Crippen LogP contribution in [0.2, 0.25) is 0 Å². The zero-order chi connectivity index (χ0) is 26.4. The average Bonchev–Trinajstić information content (AvgIpc) is 3.16. The van der Waals surface area contributed by atoms with Crippen molar-refractivity contribution in [1.29, 1.82) is 0 Å². The Morgan fingerprint density at radius 3 is 2.24 bits per heavy atom. The fraction of sp³-hybridized carbons (Fsp3) is 0.214. The van der Waals surface area contributed by atoms with E-state index in [4.69, 9.17) is 21.7 Å². The lowest BCUT2D eigenvalue weighted by Crippen LogP contribution is -2.39. The Morgan fingerprint density at radius 1 is 0.946 bits per heavy atom. The minimum atomic E-state index is -0.750. The molecule has 1 unspecified atom stereocenters. The zero-order valence-corrected chi connectivity index (χ0v) is 21.4. The quantitative estimate of drug-likeness (QED) is 0.338. The second kappa shape index (κ2) is 11.7. The fourth-order valence-corrected chi connectivity index (χ4v) is 4.55. The normalized spacial score (nSPS) is 15.0. The summed E-state index contributed by atoms with van der Waals surface area (Å²) in [4.78, 5) is 41.4. The number of para-hydroxylation sites is 1. The molecule has 0 bridgehead atoms. The Balaban J connectivity index is 1.50. The lowest BCUT2D eigenvalue weighted by molar-refractivity contribution is -0.124. The number of nitrogens with zero attached hydrogens (tertiary/aromatic N) is 2. The minimum absolute atomic E-state index is 0.0797. The van der Waals surface area contributed by atoms with Crippen molar-refractivity contribution in [2.75, 3.05) is 31.0 Å². The van der Waals surface area contributed by atoms with Crippen LogP contribution in [0.15, 0.2) is 78.9 Å². The van der Waals surface area contributed by atoms with Gasteiger partial charge in [-0.3, -0.25) is 14.5 Å². The predicted molar refractivity (Wildman–Crippen MR) is 145 cm³/mol. The molecule has 1 aliphatic rings. The maximum absolute atomic E-state index is 13.5. The maximum Gasteiger partial charge on any atom is 0.337 e. The lowest BCUT2D eigenvalue weighted by Gasteiger charge is -2.24. The van der Waals surface area contributed by atoms with Crippen molar-refractivity contribution >= 4 is 46.5 Å². The van der Waals surface area contributed by atoms with Crippen molar-refractivity contribution < 1.29 is 23.9 Å². The van der Waals surface area contributed by atoms with Crippen LogP contribution in [0.4, 0.5) is 11.4 Å². The molecule has 2 amide bonds. The molecule has 8 nitrogen and oxygen atoms in total. The topological polar surface area (TPSA) is 88.2 Å². The van der Waals surface area contributed by atoms with E-state index in [1.54, 1.807) is 31.4 Å². The summed E-state index contributed by atoms with van der Waals surface area (Å²) in [5.41, 5.74) is 2.60. The molecule has 1 aliphatic heterocycles. The van der Waals surface area contributed by atoms with Gasteiger partial charge in [0.15, 0.2) is 5.11 Å². The number of nitrogens with one attached hydrogen (secondary N) is 1. The molecular weight excluding hydrogens is 490 g/mol. The molecule has 1 saturated heterocycles. The summed E-state index contributed by atoms with van der Waals surface area (Å²) in [6.45, 7) is 0.464. The van der Waals surface area contributed by atoms with Gasteiger partial charge < -0.3 is 19.7 Å². The van der Waals surface area contributed by atoms with Crippen molar-refractivity contribution in [3.05, 3.63) is 90.0 Å². The first-order valence-electron chi connectivity index (χ1n) is 11.7. The van der Waals surface area contributed by atoms with Crippen LogP contribution >= 0.6 is 12.2 Å². The molecule has 1 heterocycles. The second-order valence-electron chi connectivity index (χ2n) is 8.42. The van der Waals surface area contributed by atoms with Crippen LogP contribution in [0.5, 0.6) is 5.75 Å². The zero-order valence-electron chi connectivity index (χ0n) is 20.5. The van der Waals surface area contributed by atoms with E-state index in [2.05, 4.69) is 5.32 Å².